The minimum atomic E-state index is 0.728. The van der Waals surface area contributed by atoms with Gasteiger partial charge in [0, 0.05) is 12.6 Å². The zero-order chi connectivity index (χ0) is 9.23. The van der Waals surface area contributed by atoms with Crippen molar-refractivity contribution in [1.29, 1.82) is 0 Å². The molecule has 0 amide bonds. The quantitative estimate of drug-likeness (QED) is 0.550. The highest BCUT2D eigenvalue weighted by Crippen LogP contribution is 2.05. The molecule has 0 rings (SSSR count). The molecule has 1 heteroatoms. The van der Waals surface area contributed by atoms with Crippen LogP contribution >= 0.6 is 0 Å². The van der Waals surface area contributed by atoms with Gasteiger partial charge < -0.3 is 5.32 Å². The molecule has 0 aliphatic heterocycles. The molecule has 0 saturated heterocycles. The molecule has 0 heterocycles. The molecule has 0 aliphatic rings. The summed E-state index contributed by atoms with van der Waals surface area (Å²) in [7, 11) is 0. The first kappa shape index (κ1) is 12.0. The lowest BCUT2D eigenvalue weighted by molar-refractivity contribution is 0.469. The Morgan fingerprint density at radius 1 is 1.00 bits per heavy atom. The molecule has 0 atom stereocenters. The van der Waals surface area contributed by atoms with Gasteiger partial charge in [-0.2, -0.15) is 0 Å². The lowest BCUT2D eigenvalue weighted by Crippen LogP contribution is -2.26. The fraction of sp³-hybridized carbons (Fsp3) is 0.909. The van der Waals surface area contributed by atoms with Crippen LogP contribution in [0.1, 0.15) is 59.3 Å². The number of nitrogens with one attached hydrogen (secondary N) is 1. The summed E-state index contributed by atoms with van der Waals surface area (Å²) < 4.78 is 0. The lowest BCUT2D eigenvalue weighted by atomic mass is 10.1. The Bertz CT molecular complexity index is 75.1. The Morgan fingerprint density at radius 3 is 2.00 bits per heavy atom. The van der Waals surface area contributed by atoms with Gasteiger partial charge in [0.15, 0.2) is 0 Å². The largest absolute Gasteiger partial charge is 0.310 e. The Balaban J connectivity index is 3.34. The summed E-state index contributed by atoms with van der Waals surface area (Å²) in [5.74, 6) is 0. The van der Waals surface area contributed by atoms with Gasteiger partial charge in [0.05, 0.1) is 0 Å². The second-order valence-corrected chi connectivity index (χ2v) is 3.43. The third kappa shape index (κ3) is 6.66. The van der Waals surface area contributed by atoms with Gasteiger partial charge >= 0.3 is 0 Å². The zero-order valence-electron chi connectivity index (χ0n) is 8.90. The molecule has 0 aromatic rings. The molecular weight excluding hydrogens is 146 g/mol. The van der Waals surface area contributed by atoms with Gasteiger partial charge in [-0.1, -0.05) is 40.0 Å². The van der Waals surface area contributed by atoms with Gasteiger partial charge in [0.2, 0.25) is 0 Å². The van der Waals surface area contributed by atoms with Crippen molar-refractivity contribution in [3.8, 4) is 0 Å². The van der Waals surface area contributed by atoms with Crippen LogP contribution in [0.3, 0.4) is 0 Å². The van der Waals surface area contributed by atoms with E-state index >= 15 is 0 Å². The normalized spacial score (nSPS) is 11.0. The standard InChI is InChI=1S/C11H24N/c1-4-7-10-12-11(8-5-2)9-6-3/h10-12H,4-9H2,1-3H3. The van der Waals surface area contributed by atoms with Crippen LogP contribution in [0.15, 0.2) is 0 Å². The highest BCUT2D eigenvalue weighted by molar-refractivity contribution is 4.71. The van der Waals surface area contributed by atoms with Crippen molar-refractivity contribution in [3.05, 3.63) is 6.54 Å². The van der Waals surface area contributed by atoms with E-state index in [-0.39, 0.29) is 0 Å². The minimum Gasteiger partial charge on any atom is -0.310 e. The summed E-state index contributed by atoms with van der Waals surface area (Å²) in [6, 6.07) is 0.728. The third-order valence-corrected chi connectivity index (χ3v) is 2.06. The van der Waals surface area contributed by atoms with Crippen molar-refractivity contribution in [1.82, 2.24) is 5.32 Å². The van der Waals surface area contributed by atoms with Gasteiger partial charge in [-0.3, -0.25) is 0 Å². The Kier molecular flexibility index (Phi) is 9.02. The maximum Gasteiger partial charge on any atom is 0.0223 e. The zero-order valence-corrected chi connectivity index (χ0v) is 8.90. The fourth-order valence-corrected chi connectivity index (χ4v) is 1.40. The summed E-state index contributed by atoms with van der Waals surface area (Å²) in [4.78, 5) is 0. The number of unbranched alkanes of at least 4 members (excludes halogenated alkanes) is 1. The van der Waals surface area contributed by atoms with E-state index in [4.69, 9.17) is 0 Å². The van der Waals surface area contributed by atoms with Crippen LogP contribution in [0.4, 0.5) is 0 Å². The second kappa shape index (κ2) is 9.05. The maximum absolute atomic E-state index is 3.50. The van der Waals surface area contributed by atoms with Gasteiger partial charge in [-0.25, -0.2) is 0 Å². The van der Waals surface area contributed by atoms with Crippen LogP contribution in [0.5, 0.6) is 0 Å². The lowest BCUT2D eigenvalue weighted by Gasteiger charge is -2.16. The molecule has 73 valence electrons. The van der Waals surface area contributed by atoms with Crippen molar-refractivity contribution >= 4 is 0 Å². The average Bonchev–Trinajstić information content (AvgIpc) is 2.06. The van der Waals surface area contributed by atoms with Crippen molar-refractivity contribution < 1.29 is 0 Å². The first-order chi connectivity index (χ1) is 5.85. The Morgan fingerprint density at radius 2 is 1.58 bits per heavy atom. The van der Waals surface area contributed by atoms with Crippen molar-refractivity contribution in [2.45, 2.75) is 65.3 Å². The summed E-state index contributed by atoms with van der Waals surface area (Å²) in [5.41, 5.74) is 0. The van der Waals surface area contributed by atoms with Gasteiger partial charge in [0.1, 0.15) is 0 Å². The number of hydrogen-bond acceptors (Lipinski definition) is 1. The van der Waals surface area contributed by atoms with E-state index in [2.05, 4.69) is 32.6 Å². The van der Waals surface area contributed by atoms with Crippen LogP contribution in [0.2, 0.25) is 0 Å². The monoisotopic (exact) mass is 170 g/mol. The Labute approximate surface area is 77.9 Å². The molecule has 0 spiro atoms. The summed E-state index contributed by atoms with van der Waals surface area (Å²) in [6.07, 6.45) is 7.65. The van der Waals surface area contributed by atoms with E-state index in [1.165, 1.54) is 38.5 Å². The van der Waals surface area contributed by atoms with Crippen LogP contribution in [-0.2, 0) is 0 Å². The SMILES string of the molecule is CCC[CH]NC(CCC)CCC. The highest BCUT2D eigenvalue weighted by atomic mass is 14.9. The van der Waals surface area contributed by atoms with E-state index in [1.807, 2.05) is 0 Å². The minimum absolute atomic E-state index is 0.728. The molecule has 0 aliphatic carbocycles. The first-order valence-electron chi connectivity index (χ1n) is 5.42. The summed E-state index contributed by atoms with van der Waals surface area (Å²) in [5, 5.41) is 3.50. The van der Waals surface area contributed by atoms with Crippen molar-refractivity contribution in [2.24, 2.45) is 0 Å². The van der Waals surface area contributed by atoms with Crippen molar-refractivity contribution in [3.63, 3.8) is 0 Å². The average molecular weight is 170 g/mol. The summed E-state index contributed by atoms with van der Waals surface area (Å²) in [6.45, 7) is 8.96. The molecule has 0 unspecified atom stereocenters. The van der Waals surface area contributed by atoms with E-state index in [0.717, 1.165) is 6.04 Å². The molecule has 0 saturated carbocycles. The summed E-state index contributed by atoms with van der Waals surface area (Å²) >= 11 is 0. The van der Waals surface area contributed by atoms with E-state index in [9.17, 15) is 0 Å². The Hall–Kier alpha value is -0.0400. The molecule has 1 N–H and O–H groups in total. The van der Waals surface area contributed by atoms with Crippen LogP contribution < -0.4 is 5.32 Å². The predicted octanol–water partition coefficient (Wildman–Crippen LogP) is 3.51. The number of hydrogen-bond donors (Lipinski definition) is 1. The van der Waals surface area contributed by atoms with Crippen LogP contribution in [-0.4, -0.2) is 6.04 Å². The fourth-order valence-electron chi connectivity index (χ4n) is 1.40. The van der Waals surface area contributed by atoms with E-state index in [0.29, 0.717) is 0 Å². The van der Waals surface area contributed by atoms with Gasteiger partial charge in [0.25, 0.3) is 0 Å². The molecular formula is C11H24N. The molecule has 0 bridgehead atoms. The van der Waals surface area contributed by atoms with E-state index in [1.54, 1.807) is 0 Å². The smallest absolute Gasteiger partial charge is 0.0223 e. The highest BCUT2D eigenvalue weighted by Gasteiger charge is 2.03. The second-order valence-electron chi connectivity index (χ2n) is 3.43. The molecule has 0 fully saturated rings. The van der Waals surface area contributed by atoms with Gasteiger partial charge in [-0.15, -0.1) is 0 Å². The molecule has 0 aromatic carbocycles. The van der Waals surface area contributed by atoms with Crippen LogP contribution in [0.25, 0.3) is 0 Å². The topological polar surface area (TPSA) is 12.0 Å². The molecule has 12 heavy (non-hydrogen) atoms. The molecule has 1 nitrogen and oxygen atoms in total. The van der Waals surface area contributed by atoms with Crippen LogP contribution in [0, 0.1) is 6.54 Å². The third-order valence-electron chi connectivity index (χ3n) is 2.06. The van der Waals surface area contributed by atoms with E-state index < -0.39 is 0 Å². The predicted molar refractivity (Wildman–Crippen MR) is 55.9 cm³/mol. The number of rotatable bonds is 8. The molecule has 0 aromatic heterocycles. The molecule has 1 radical (unpaired) electrons. The van der Waals surface area contributed by atoms with Gasteiger partial charge in [-0.05, 0) is 19.3 Å². The van der Waals surface area contributed by atoms with Crippen molar-refractivity contribution in [2.75, 3.05) is 0 Å². The maximum atomic E-state index is 3.50. The first-order valence-corrected chi connectivity index (χ1v) is 5.42.